The average molecular weight is 330 g/mol. The molecule has 0 aliphatic rings. The molecule has 130 valence electrons. The second kappa shape index (κ2) is 8.11. The molecule has 0 amide bonds. The Kier molecular flexibility index (Phi) is 6.15. The number of alkyl halides is 1. The zero-order chi connectivity index (χ0) is 17.6. The number of para-hydroxylation sites is 1. The molecular formula is C19H27FN4. The van der Waals surface area contributed by atoms with E-state index < -0.39 is 5.67 Å². The summed E-state index contributed by atoms with van der Waals surface area (Å²) in [7, 11) is 1.72. The van der Waals surface area contributed by atoms with E-state index in [4.69, 9.17) is 5.73 Å². The van der Waals surface area contributed by atoms with E-state index in [-0.39, 0.29) is 0 Å². The van der Waals surface area contributed by atoms with Crippen molar-refractivity contribution in [2.24, 2.45) is 10.7 Å². The predicted octanol–water partition coefficient (Wildman–Crippen LogP) is 3.13. The normalized spacial score (nSPS) is 13.2. The molecule has 0 saturated heterocycles. The van der Waals surface area contributed by atoms with E-state index in [9.17, 15) is 4.39 Å². The largest absolute Gasteiger partial charge is 0.404 e. The summed E-state index contributed by atoms with van der Waals surface area (Å²) in [6.07, 6.45) is 4.52. The Balaban J connectivity index is 2.10. The van der Waals surface area contributed by atoms with Crippen LogP contribution in [0.5, 0.6) is 0 Å². The molecule has 0 radical (unpaired) electrons. The van der Waals surface area contributed by atoms with E-state index in [0.29, 0.717) is 13.0 Å². The molecular weight excluding hydrogens is 303 g/mol. The summed E-state index contributed by atoms with van der Waals surface area (Å²) >= 11 is 0. The molecule has 0 unspecified atom stereocenters. The monoisotopic (exact) mass is 330 g/mol. The van der Waals surface area contributed by atoms with Gasteiger partial charge in [-0.05, 0) is 50.2 Å². The summed E-state index contributed by atoms with van der Waals surface area (Å²) in [5.41, 5.74) is 8.50. The zero-order valence-corrected chi connectivity index (χ0v) is 14.7. The van der Waals surface area contributed by atoms with Gasteiger partial charge in [0.15, 0.2) is 0 Å². The maximum Gasteiger partial charge on any atom is 0.111 e. The van der Waals surface area contributed by atoms with Gasteiger partial charge < -0.3 is 16.0 Å². The number of hydrogen-bond donors (Lipinski definition) is 3. The van der Waals surface area contributed by atoms with Crippen LogP contribution in [0.1, 0.15) is 25.1 Å². The Bertz CT molecular complexity index is 723. The number of rotatable bonds is 8. The van der Waals surface area contributed by atoms with E-state index >= 15 is 0 Å². The lowest BCUT2D eigenvalue weighted by Gasteiger charge is -2.14. The Morgan fingerprint density at radius 3 is 2.79 bits per heavy atom. The first kappa shape index (κ1) is 18.2. The quantitative estimate of drug-likeness (QED) is 0.514. The van der Waals surface area contributed by atoms with E-state index in [1.54, 1.807) is 33.3 Å². The molecule has 0 aliphatic carbocycles. The fraction of sp³-hybridized carbons (Fsp3) is 0.421. The van der Waals surface area contributed by atoms with Crippen molar-refractivity contribution >= 4 is 17.1 Å². The standard InChI is InChI=1S/C19H27FN4/c1-19(2,20)10-18-16(15-6-4-5-7-17(15)24-18)8-9-23-13-14(11-21)12-22-3/h4-7,11-12,23-24H,8-10,13,21H2,1-3H3/b14-11+,22-12?. The number of H-pyrrole nitrogens is 1. The average Bonchev–Trinajstić information content (AvgIpc) is 2.85. The van der Waals surface area contributed by atoms with E-state index in [2.05, 4.69) is 21.4 Å². The molecule has 0 aliphatic heterocycles. The third-order valence-electron chi connectivity index (χ3n) is 3.89. The fourth-order valence-electron chi connectivity index (χ4n) is 2.87. The molecule has 0 bridgehead atoms. The second-order valence-corrected chi connectivity index (χ2v) is 6.58. The number of nitrogens with one attached hydrogen (secondary N) is 2. The Morgan fingerprint density at radius 1 is 1.38 bits per heavy atom. The third-order valence-corrected chi connectivity index (χ3v) is 3.89. The summed E-state index contributed by atoms with van der Waals surface area (Å²) < 4.78 is 14.1. The highest BCUT2D eigenvalue weighted by Crippen LogP contribution is 2.26. The Morgan fingerprint density at radius 2 is 2.12 bits per heavy atom. The van der Waals surface area contributed by atoms with Gasteiger partial charge in [-0.15, -0.1) is 0 Å². The number of aromatic nitrogens is 1. The van der Waals surface area contributed by atoms with Crippen LogP contribution in [-0.4, -0.2) is 37.0 Å². The number of fused-ring (bicyclic) bond motifs is 1. The summed E-state index contributed by atoms with van der Waals surface area (Å²) in [4.78, 5) is 7.35. The predicted molar refractivity (Wildman–Crippen MR) is 100 cm³/mol. The van der Waals surface area contributed by atoms with Crippen LogP contribution in [0.25, 0.3) is 10.9 Å². The van der Waals surface area contributed by atoms with Crippen LogP contribution in [0.2, 0.25) is 0 Å². The molecule has 5 heteroatoms. The SMILES string of the molecule is CN=C/C(=C\N)CNCCc1c(CC(C)(C)F)[nH]c2ccccc12. The van der Waals surface area contributed by atoms with Gasteiger partial charge in [-0.3, -0.25) is 4.99 Å². The number of benzene rings is 1. The summed E-state index contributed by atoms with van der Waals surface area (Å²) in [6.45, 7) is 4.68. The Hall–Kier alpha value is -2.14. The van der Waals surface area contributed by atoms with Crippen molar-refractivity contribution in [2.75, 3.05) is 20.1 Å². The molecule has 1 aromatic heterocycles. The molecule has 0 fully saturated rings. The highest BCUT2D eigenvalue weighted by Gasteiger charge is 2.21. The van der Waals surface area contributed by atoms with Gasteiger partial charge in [0.25, 0.3) is 0 Å². The molecule has 0 saturated carbocycles. The number of hydrogen-bond acceptors (Lipinski definition) is 3. The highest BCUT2D eigenvalue weighted by atomic mass is 19.1. The molecule has 0 atom stereocenters. The van der Waals surface area contributed by atoms with Gasteiger partial charge in [0.1, 0.15) is 5.67 Å². The van der Waals surface area contributed by atoms with Crippen molar-refractivity contribution in [3.05, 3.63) is 47.3 Å². The van der Waals surface area contributed by atoms with E-state index in [1.165, 1.54) is 10.9 Å². The fourth-order valence-corrected chi connectivity index (χ4v) is 2.87. The second-order valence-electron chi connectivity index (χ2n) is 6.58. The molecule has 4 N–H and O–H groups in total. The number of nitrogens with zero attached hydrogens (tertiary/aromatic N) is 1. The number of aromatic amines is 1. The third kappa shape index (κ3) is 4.93. The lowest BCUT2D eigenvalue weighted by atomic mass is 9.99. The van der Waals surface area contributed by atoms with Crippen LogP contribution in [0, 0.1) is 0 Å². The smallest absolute Gasteiger partial charge is 0.111 e. The van der Waals surface area contributed by atoms with Crippen LogP contribution < -0.4 is 11.1 Å². The topological polar surface area (TPSA) is 66.2 Å². The van der Waals surface area contributed by atoms with Gasteiger partial charge >= 0.3 is 0 Å². The Labute approximate surface area is 143 Å². The summed E-state index contributed by atoms with van der Waals surface area (Å²) in [5, 5.41) is 4.54. The maximum absolute atomic E-state index is 14.1. The lowest BCUT2D eigenvalue weighted by Crippen LogP contribution is -2.22. The van der Waals surface area contributed by atoms with Crippen molar-refractivity contribution in [2.45, 2.75) is 32.4 Å². The van der Waals surface area contributed by atoms with Crippen LogP contribution in [0.15, 0.2) is 41.0 Å². The summed E-state index contributed by atoms with van der Waals surface area (Å²) in [5.74, 6) is 0. The minimum absolute atomic E-state index is 0.382. The van der Waals surface area contributed by atoms with Gasteiger partial charge in [-0.2, -0.15) is 0 Å². The van der Waals surface area contributed by atoms with Crippen molar-refractivity contribution in [3.8, 4) is 0 Å². The molecule has 2 aromatic rings. The van der Waals surface area contributed by atoms with Gasteiger partial charge in [0, 0.05) is 42.8 Å². The van der Waals surface area contributed by atoms with Crippen molar-refractivity contribution in [1.29, 1.82) is 0 Å². The van der Waals surface area contributed by atoms with E-state index in [1.807, 2.05) is 18.2 Å². The van der Waals surface area contributed by atoms with Crippen LogP contribution in [0.3, 0.4) is 0 Å². The van der Waals surface area contributed by atoms with Gasteiger partial charge in [0.05, 0.1) is 0 Å². The molecule has 4 nitrogen and oxygen atoms in total. The zero-order valence-electron chi connectivity index (χ0n) is 14.7. The van der Waals surface area contributed by atoms with E-state index in [0.717, 1.165) is 29.7 Å². The van der Waals surface area contributed by atoms with Gasteiger partial charge in [-0.25, -0.2) is 4.39 Å². The number of nitrogens with two attached hydrogens (primary N) is 1. The molecule has 24 heavy (non-hydrogen) atoms. The molecule has 0 spiro atoms. The van der Waals surface area contributed by atoms with Crippen molar-refractivity contribution in [3.63, 3.8) is 0 Å². The first-order valence-electron chi connectivity index (χ1n) is 8.25. The molecule has 2 rings (SSSR count). The lowest BCUT2D eigenvalue weighted by molar-refractivity contribution is 0.215. The van der Waals surface area contributed by atoms with Crippen LogP contribution in [0.4, 0.5) is 4.39 Å². The van der Waals surface area contributed by atoms with Gasteiger partial charge in [0.2, 0.25) is 0 Å². The van der Waals surface area contributed by atoms with Crippen molar-refractivity contribution in [1.82, 2.24) is 10.3 Å². The van der Waals surface area contributed by atoms with Crippen molar-refractivity contribution < 1.29 is 4.39 Å². The molecule has 1 heterocycles. The van der Waals surface area contributed by atoms with Crippen LogP contribution >= 0.6 is 0 Å². The highest BCUT2D eigenvalue weighted by molar-refractivity contribution is 5.84. The number of halogens is 1. The minimum atomic E-state index is -1.24. The minimum Gasteiger partial charge on any atom is -0.404 e. The molecule has 1 aromatic carbocycles. The van der Waals surface area contributed by atoms with Gasteiger partial charge in [-0.1, -0.05) is 18.2 Å². The summed E-state index contributed by atoms with van der Waals surface area (Å²) in [6, 6.07) is 8.14. The first-order valence-corrected chi connectivity index (χ1v) is 8.25. The van der Waals surface area contributed by atoms with Crippen LogP contribution in [-0.2, 0) is 12.8 Å². The number of aliphatic imine (C=N–C) groups is 1. The maximum atomic E-state index is 14.1. The first-order chi connectivity index (χ1) is 11.4.